The molecule has 0 saturated carbocycles. The predicted molar refractivity (Wildman–Crippen MR) is 75.3 cm³/mol. The SMILES string of the molecule is NNc1nc(Nc2ccc3c(c2)OCO3)c2cn[nH]c2n1. The first-order valence-electron chi connectivity index (χ1n) is 6.18. The van der Waals surface area contributed by atoms with E-state index in [1.165, 1.54) is 0 Å². The summed E-state index contributed by atoms with van der Waals surface area (Å²) in [7, 11) is 0. The molecule has 0 unspecified atom stereocenters. The largest absolute Gasteiger partial charge is 0.454 e. The second-order valence-electron chi connectivity index (χ2n) is 4.37. The van der Waals surface area contributed by atoms with Gasteiger partial charge in [-0.1, -0.05) is 0 Å². The molecule has 21 heavy (non-hydrogen) atoms. The molecule has 0 spiro atoms. The fourth-order valence-corrected chi connectivity index (χ4v) is 2.11. The van der Waals surface area contributed by atoms with Gasteiger partial charge in [-0.05, 0) is 12.1 Å². The number of ether oxygens (including phenoxy) is 2. The molecule has 3 aromatic rings. The minimum Gasteiger partial charge on any atom is -0.454 e. The molecule has 4 rings (SSSR count). The van der Waals surface area contributed by atoms with E-state index in [1.54, 1.807) is 6.20 Å². The molecule has 1 aromatic carbocycles. The Morgan fingerprint density at radius 2 is 2.10 bits per heavy atom. The highest BCUT2D eigenvalue weighted by Crippen LogP contribution is 2.35. The number of H-pyrrole nitrogens is 1. The molecule has 9 nitrogen and oxygen atoms in total. The third-order valence-corrected chi connectivity index (χ3v) is 3.07. The van der Waals surface area contributed by atoms with Gasteiger partial charge in [0, 0.05) is 11.8 Å². The van der Waals surface area contributed by atoms with Crippen molar-refractivity contribution >= 4 is 28.5 Å². The number of hydrazine groups is 1. The summed E-state index contributed by atoms with van der Waals surface area (Å²) in [5.74, 6) is 7.66. The van der Waals surface area contributed by atoms with Gasteiger partial charge in [0.25, 0.3) is 0 Å². The molecule has 0 amide bonds. The second kappa shape index (κ2) is 4.49. The maximum absolute atomic E-state index is 5.37. The van der Waals surface area contributed by atoms with E-state index in [4.69, 9.17) is 15.3 Å². The molecule has 0 atom stereocenters. The van der Waals surface area contributed by atoms with Crippen molar-refractivity contribution in [2.24, 2.45) is 5.84 Å². The van der Waals surface area contributed by atoms with Gasteiger partial charge in [-0.2, -0.15) is 15.1 Å². The molecule has 0 bridgehead atoms. The summed E-state index contributed by atoms with van der Waals surface area (Å²) in [5.41, 5.74) is 3.82. The normalized spacial score (nSPS) is 12.6. The van der Waals surface area contributed by atoms with Crippen LogP contribution >= 0.6 is 0 Å². The van der Waals surface area contributed by atoms with Gasteiger partial charge in [0.1, 0.15) is 5.82 Å². The first kappa shape index (κ1) is 11.7. The third-order valence-electron chi connectivity index (χ3n) is 3.07. The summed E-state index contributed by atoms with van der Waals surface area (Å²) in [5, 5.41) is 10.7. The topological polar surface area (TPSA) is 123 Å². The molecule has 1 aliphatic heterocycles. The Bertz CT molecular complexity index is 816. The summed E-state index contributed by atoms with van der Waals surface area (Å²) >= 11 is 0. The third kappa shape index (κ3) is 1.96. The van der Waals surface area contributed by atoms with Crippen molar-refractivity contribution in [2.45, 2.75) is 0 Å². The minimum atomic E-state index is 0.236. The van der Waals surface area contributed by atoms with E-state index < -0.39 is 0 Å². The van der Waals surface area contributed by atoms with E-state index in [1.807, 2.05) is 18.2 Å². The van der Waals surface area contributed by atoms with E-state index in [2.05, 4.69) is 30.9 Å². The number of anilines is 3. The maximum Gasteiger partial charge on any atom is 0.241 e. The number of rotatable bonds is 3. The van der Waals surface area contributed by atoms with Crippen molar-refractivity contribution in [2.75, 3.05) is 17.5 Å². The number of benzene rings is 1. The smallest absolute Gasteiger partial charge is 0.241 e. The summed E-state index contributed by atoms with van der Waals surface area (Å²) in [4.78, 5) is 8.45. The molecule has 0 saturated heterocycles. The zero-order valence-electron chi connectivity index (χ0n) is 10.8. The number of nitrogens with zero attached hydrogens (tertiary/aromatic N) is 3. The Labute approximate surface area is 118 Å². The van der Waals surface area contributed by atoms with Crippen LogP contribution < -0.4 is 26.1 Å². The molecular weight excluding hydrogens is 274 g/mol. The molecular formula is C12H11N7O2. The molecule has 3 heterocycles. The Hall–Kier alpha value is -3.07. The molecule has 1 aliphatic rings. The van der Waals surface area contributed by atoms with Crippen molar-refractivity contribution in [3.05, 3.63) is 24.4 Å². The summed E-state index contributed by atoms with van der Waals surface area (Å²) in [6, 6.07) is 5.55. The maximum atomic E-state index is 5.37. The van der Waals surface area contributed by atoms with Crippen LogP contribution in [0.4, 0.5) is 17.5 Å². The highest BCUT2D eigenvalue weighted by Gasteiger charge is 2.15. The first-order valence-corrected chi connectivity index (χ1v) is 6.18. The van der Waals surface area contributed by atoms with Crippen molar-refractivity contribution < 1.29 is 9.47 Å². The van der Waals surface area contributed by atoms with Gasteiger partial charge >= 0.3 is 0 Å². The van der Waals surface area contributed by atoms with Gasteiger partial charge in [0.2, 0.25) is 12.7 Å². The first-order chi connectivity index (χ1) is 10.3. The summed E-state index contributed by atoms with van der Waals surface area (Å²) < 4.78 is 10.6. The number of nitrogen functional groups attached to an aromatic ring is 1. The predicted octanol–water partition coefficient (Wildman–Crippen LogP) is 1.11. The van der Waals surface area contributed by atoms with E-state index in [9.17, 15) is 0 Å². The van der Waals surface area contributed by atoms with Crippen molar-refractivity contribution in [3.8, 4) is 11.5 Å². The zero-order chi connectivity index (χ0) is 14.2. The van der Waals surface area contributed by atoms with Gasteiger partial charge in [0.15, 0.2) is 17.1 Å². The lowest BCUT2D eigenvalue weighted by Gasteiger charge is -2.08. The van der Waals surface area contributed by atoms with Crippen LogP contribution in [0.5, 0.6) is 11.5 Å². The quantitative estimate of drug-likeness (QED) is 0.417. The molecule has 9 heteroatoms. The number of nitrogens with two attached hydrogens (primary N) is 1. The van der Waals surface area contributed by atoms with Crippen LogP contribution in [-0.2, 0) is 0 Å². The van der Waals surface area contributed by atoms with E-state index in [0.29, 0.717) is 17.2 Å². The van der Waals surface area contributed by atoms with Gasteiger partial charge < -0.3 is 14.8 Å². The van der Waals surface area contributed by atoms with Crippen LogP contribution in [0, 0.1) is 0 Å². The molecule has 0 fully saturated rings. The Morgan fingerprint density at radius 1 is 1.19 bits per heavy atom. The van der Waals surface area contributed by atoms with Gasteiger partial charge in [0.05, 0.1) is 11.6 Å². The fourth-order valence-electron chi connectivity index (χ4n) is 2.11. The average Bonchev–Trinajstić information content (AvgIpc) is 3.14. The van der Waals surface area contributed by atoms with Gasteiger partial charge in [-0.3, -0.25) is 10.5 Å². The second-order valence-corrected chi connectivity index (χ2v) is 4.37. The highest BCUT2D eigenvalue weighted by atomic mass is 16.7. The lowest BCUT2D eigenvalue weighted by atomic mass is 10.2. The number of aromatic amines is 1. The molecule has 5 N–H and O–H groups in total. The average molecular weight is 285 g/mol. The van der Waals surface area contributed by atoms with Crippen LogP contribution in [0.3, 0.4) is 0 Å². The number of hydrogen-bond donors (Lipinski definition) is 4. The number of fused-ring (bicyclic) bond motifs is 2. The molecule has 2 aromatic heterocycles. The summed E-state index contributed by atoms with van der Waals surface area (Å²) in [6.07, 6.45) is 1.64. The van der Waals surface area contributed by atoms with E-state index in [0.717, 1.165) is 16.8 Å². The molecule has 106 valence electrons. The molecule has 0 radical (unpaired) electrons. The van der Waals surface area contributed by atoms with Gasteiger partial charge in [-0.15, -0.1) is 0 Å². The van der Waals surface area contributed by atoms with E-state index in [-0.39, 0.29) is 12.7 Å². The fraction of sp³-hybridized carbons (Fsp3) is 0.0833. The van der Waals surface area contributed by atoms with Crippen molar-refractivity contribution in [1.29, 1.82) is 0 Å². The summed E-state index contributed by atoms with van der Waals surface area (Å²) in [6.45, 7) is 0.236. The standard InChI is InChI=1S/C12H11N7O2/c13-18-12-16-10(7-4-14-19-11(7)17-12)15-6-1-2-8-9(3-6)21-5-20-8/h1-4H,5,13H2,(H3,14,15,16,17,18,19). The lowest BCUT2D eigenvalue weighted by molar-refractivity contribution is 0.174. The van der Waals surface area contributed by atoms with Crippen LogP contribution in [-0.4, -0.2) is 27.0 Å². The number of nitrogens with one attached hydrogen (secondary N) is 3. The Kier molecular flexibility index (Phi) is 2.51. The van der Waals surface area contributed by atoms with Gasteiger partial charge in [-0.25, -0.2) is 5.84 Å². The van der Waals surface area contributed by atoms with Crippen LogP contribution in [0.2, 0.25) is 0 Å². The van der Waals surface area contributed by atoms with Crippen LogP contribution in [0.15, 0.2) is 24.4 Å². The number of hydrogen-bond acceptors (Lipinski definition) is 8. The Morgan fingerprint density at radius 3 is 3.00 bits per heavy atom. The highest BCUT2D eigenvalue weighted by molar-refractivity contribution is 5.89. The van der Waals surface area contributed by atoms with Crippen LogP contribution in [0.1, 0.15) is 0 Å². The molecule has 0 aliphatic carbocycles. The monoisotopic (exact) mass is 285 g/mol. The van der Waals surface area contributed by atoms with Crippen molar-refractivity contribution in [3.63, 3.8) is 0 Å². The number of aromatic nitrogens is 4. The lowest BCUT2D eigenvalue weighted by Crippen LogP contribution is -2.11. The van der Waals surface area contributed by atoms with Crippen molar-refractivity contribution in [1.82, 2.24) is 20.2 Å². The Balaban J connectivity index is 1.75. The zero-order valence-corrected chi connectivity index (χ0v) is 10.8. The van der Waals surface area contributed by atoms with Crippen LogP contribution in [0.25, 0.3) is 11.0 Å². The van der Waals surface area contributed by atoms with E-state index >= 15 is 0 Å². The minimum absolute atomic E-state index is 0.236.